The Morgan fingerprint density at radius 3 is 2.62 bits per heavy atom. The van der Waals surface area contributed by atoms with Crippen LogP contribution in [0.3, 0.4) is 0 Å². The van der Waals surface area contributed by atoms with Gasteiger partial charge in [0.1, 0.15) is 18.2 Å². The Hall–Kier alpha value is -2.69. The Bertz CT molecular complexity index is 743. The summed E-state index contributed by atoms with van der Waals surface area (Å²) in [5.74, 6) is 0.240. The van der Waals surface area contributed by atoms with E-state index in [1.165, 1.54) is 24.3 Å². The Morgan fingerprint density at radius 1 is 1.08 bits per heavy atom. The van der Waals surface area contributed by atoms with Crippen molar-refractivity contribution >= 4 is 11.7 Å². The molecule has 0 bridgehead atoms. The fraction of sp³-hybridized carbons (Fsp3) is 0.263. The molecule has 1 aliphatic heterocycles. The number of hydrogen-bond acceptors (Lipinski definition) is 3. The number of fused-ring (bicyclic) bond motifs is 1. The number of rotatable bonds is 6. The number of amides is 1. The van der Waals surface area contributed by atoms with Crippen LogP contribution in [-0.4, -0.2) is 18.3 Å². The summed E-state index contributed by atoms with van der Waals surface area (Å²) in [6, 6.07) is 12.9. The van der Waals surface area contributed by atoms with E-state index >= 15 is 0 Å². The average Bonchev–Trinajstić information content (AvgIpc) is 2.98. The van der Waals surface area contributed by atoms with E-state index in [1.54, 1.807) is 0 Å². The van der Waals surface area contributed by atoms with E-state index in [2.05, 4.69) is 5.32 Å². The minimum Gasteiger partial charge on any atom is -0.491 e. The van der Waals surface area contributed by atoms with Gasteiger partial charge in [0.05, 0.1) is 6.04 Å². The molecule has 0 radical (unpaired) electrons. The van der Waals surface area contributed by atoms with Crippen LogP contribution in [0.4, 0.5) is 4.39 Å². The highest BCUT2D eigenvalue weighted by Gasteiger charge is 2.24. The summed E-state index contributed by atoms with van der Waals surface area (Å²) in [5, 5.41) is 2.93. The molecule has 0 spiro atoms. The van der Waals surface area contributed by atoms with Gasteiger partial charge in [0.15, 0.2) is 5.78 Å². The van der Waals surface area contributed by atoms with Crippen LogP contribution in [-0.2, 0) is 4.79 Å². The molecule has 1 atom stereocenters. The summed E-state index contributed by atoms with van der Waals surface area (Å²) in [4.78, 5) is 24.0. The summed E-state index contributed by atoms with van der Waals surface area (Å²) in [5.41, 5.74) is 1.45. The van der Waals surface area contributed by atoms with Crippen LogP contribution in [0, 0.1) is 5.82 Å². The number of ketones is 1. The molecule has 2 aromatic rings. The molecule has 1 heterocycles. The zero-order valence-corrected chi connectivity index (χ0v) is 13.1. The zero-order chi connectivity index (χ0) is 16.9. The molecule has 124 valence electrons. The van der Waals surface area contributed by atoms with Crippen molar-refractivity contribution in [2.45, 2.75) is 25.3 Å². The molecule has 5 heteroatoms. The number of ether oxygens (including phenoxy) is 1. The third-order valence-electron chi connectivity index (χ3n) is 4.01. The van der Waals surface area contributed by atoms with Gasteiger partial charge in [-0.1, -0.05) is 18.2 Å². The summed E-state index contributed by atoms with van der Waals surface area (Å²) < 4.78 is 18.4. The second-order valence-corrected chi connectivity index (χ2v) is 5.75. The molecule has 0 aromatic heterocycles. The Labute approximate surface area is 139 Å². The maximum absolute atomic E-state index is 12.8. The second-order valence-electron chi connectivity index (χ2n) is 5.75. The minimum atomic E-state index is -0.370. The number of carbonyl (C=O) groups is 2. The second kappa shape index (κ2) is 7.25. The maximum atomic E-state index is 12.8. The highest BCUT2D eigenvalue weighted by atomic mass is 19.1. The SMILES string of the molecule is O=C(CCCC(=O)c1ccc(F)cc1)NC1COc2ccccc21. The third-order valence-corrected chi connectivity index (χ3v) is 4.01. The first-order valence-corrected chi connectivity index (χ1v) is 7.93. The molecule has 1 aliphatic rings. The van der Waals surface area contributed by atoms with E-state index in [0.29, 0.717) is 18.6 Å². The Morgan fingerprint density at radius 2 is 1.83 bits per heavy atom. The number of benzene rings is 2. The van der Waals surface area contributed by atoms with Gasteiger partial charge in [-0.3, -0.25) is 9.59 Å². The van der Waals surface area contributed by atoms with Gasteiger partial charge in [-0.25, -0.2) is 4.39 Å². The average molecular weight is 327 g/mol. The summed E-state index contributed by atoms with van der Waals surface area (Å²) in [6.07, 6.45) is 0.986. The predicted octanol–water partition coefficient (Wildman–Crippen LogP) is 3.43. The lowest BCUT2D eigenvalue weighted by Crippen LogP contribution is -2.29. The van der Waals surface area contributed by atoms with E-state index in [1.807, 2.05) is 24.3 Å². The van der Waals surface area contributed by atoms with E-state index in [0.717, 1.165) is 11.3 Å². The summed E-state index contributed by atoms with van der Waals surface area (Å²) >= 11 is 0. The molecule has 3 rings (SSSR count). The third kappa shape index (κ3) is 3.79. The van der Waals surface area contributed by atoms with Crippen molar-refractivity contribution in [2.24, 2.45) is 0 Å². The summed E-state index contributed by atoms with van der Waals surface area (Å²) in [7, 11) is 0. The van der Waals surface area contributed by atoms with Gasteiger partial charge in [0.2, 0.25) is 5.91 Å². The molecule has 4 nitrogen and oxygen atoms in total. The number of para-hydroxylation sites is 1. The first-order chi connectivity index (χ1) is 11.6. The molecule has 1 amide bonds. The lowest BCUT2D eigenvalue weighted by atomic mass is 10.0. The van der Waals surface area contributed by atoms with Gasteiger partial charge in [-0.05, 0) is 36.8 Å². The molecule has 24 heavy (non-hydrogen) atoms. The largest absolute Gasteiger partial charge is 0.491 e. The molecule has 0 fully saturated rings. The highest BCUT2D eigenvalue weighted by molar-refractivity contribution is 5.96. The predicted molar refractivity (Wildman–Crippen MR) is 87.4 cm³/mol. The van der Waals surface area contributed by atoms with Crippen molar-refractivity contribution in [1.29, 1.82) is 0 Å². The van der Waals surface area contributed by atoms with Crippen LogP contribution < -0.4 is 10.1 Å². The van der Waals surface area contributed by atoms with Crippen molar-refractivity contribution in [3.63, 3.8) is 0 Å². The quantitative estimate of drug-likeness (QED) is 0.827. The molecular weight excluding hydrogens is 309 g/mol. The minimum absolute atomic E-state index is 0.0858. The van der Waals surface area contributed by atoms with E-state index in [9.17, 15) is 14.0 Å². The monoisotopic (exact) mass is 327 g/mol. The van der Waals surface area contributed by atoms with Crippen LogP contribution in [0.25, 0.3) is 0 Å². The highest BCUT2D eigenvalue weighted by Crippen LogP contribution is 2.31. The van der Waals surface area contributed by atoms with Crippen LogP contribution in [0.15, 0.2) is 48.5 Å². The van der Waals surface area contributed by atoms with Gasteiger partial charge < -0.3 is 10.1 Å². The number of nitrogens with one attached hydrogen (secondary N) is 1. The molecule has 0 aliphatic carbocycles. The molecule has 1 N–H and O–H groups in total. The lowest BCUT2D eigenvalue weighted by molar-refractivity contribution is -0.122. The topological polar surface area (TPSA) is 55.4 Å². The summed E-state index contributed by atoms with van der Waals surface area (Å²) in [6.45, 7) is 0.430. The van der Waals surface area contributed by atoms with Crippen molar-refractivity contribution in [3.05, 3.63) is 65.5 Å². The number of halogens is 1. The maximum Gasteiger partial charge on any atom is 0.220 e. The van der Waals surface area contributed by atoms with Crippen LogP contribution in [0.1, 0.15) is 41.2 Å². The van der Waals surface area contributed by atoms with Crippen molar-refractivity contribution in [3.8, 4) is 5.75 Å². The number of carbonyl (C=O) groups excluding carboxylic acids is 2. The van der Waals surface area contributed by atoms with Gasteiger partial charge in [-0.2, -0.15) is 0 Å². The first-order valence-electron chi connectivity index (χ1n) is 7.93. The molecule has 0 saturated heterocycles. The van der Waals surface area contributed by atoms with Crippen molar-refractivity contribution in [1.82, 2.24) is 5.32 Å². The van der Waals surface area contributed by atoms with Crippen molar-refractivity contribution in [2.75, 3.05) is 6.61 Å². The fourth-order valence-electron chi connectivity index (χ4n) is 2.74. The molecule has 1 unspecified atom stereocenters. The van der Waals surface area contributed by atoms with Crippen molar-refractivity contribution < 1.29 is 18.7 Å². The zero-order valence-electron chi connectivity index (χ0n) is 13.1. The lowest BCUT2D eigenvalue weighted by Gasteiger charge is -2.11. The van der Waals surface area contributed by atoms with Gasteiger partial charge in [0, 0.05) is 24.0 Å². The smallest absolute Gasteiger partial charge is 0.220 e. The normalized spacial score (nSPS) is 15.5. The number of Topliss-reactive ketones (excluding diaryl/α,β-unsaturated/α-hetero) is 1. The first kappa shape index (κ1) is 16.2. The molecule has 2 aromatic carbocycles. The van der Waals surface area contributed by atoms with Gasteiger partial charge in [-0.15, -0.1) is 0 Å². The van der Waals surface area contributed by atoms with E-state index in [4.69, 9.17) is 4.74 Å². The van der Waals surface area contributed by atoms with E-state index < -0.39 is 0 Å². The van der Waals surface area contributed by atoms with Crippen LogP contribution in [0.5, 0.6) is 5.75 Å². The van der Waals surface area contributed by atoms with Gasteiger partial charge >= 0.3 is 0 Å². The molecular formula is C19H18FNO3. The standard InChI is InChI=1S/C19H18FNO3/c20-14-10-8-13(9-11-14)17(22)5-3-7-19(23)21-16-12-24-18-6-2-1-4-15(16)18/h1-2,4,6,8-11,16H,3,5,7,12H2,(H,21,23). The fourth-order valence-corrected chi connectivity index (χ4v) is 2.74. The van der Waals surface area contributed by atoms with Gasteiger partial charge in [0.25, 0.3) is 0 Å². The number of hydrogen-bond donors (Lipinski definition) is 1. The van der Waals surface area contributed by atoms with Crippen LogP contribution in [0.2, 0.25) is 0 Å². The van der Waals surface area contributed by atoms with Crippen LogP contribution >= 0.6 is 0 Å². The Balaban J connectivity index is 1.45. The van der Waals surface area contributed by atoms with E-state index in [-0.39, 0.29) is 36.4 Å². The Kier molecular flexibility index (Phi) is 4.89. The molecule has 0 saturated carbocycles.